The van der Waals surface area contributed by atoms with Crippen LogP contribution in [0.25, 0.3) is 78.7 Å². The molecule has 8 aromatic heterocycles. The second kappa shape index (κ2) is 39.2. The number of carbonyl (C=O) groups is 4. The first kappa shape index (κ1) is 79.8. The molecule has 0 aliphatic rings. The van der Waals surface area contributed by atoms with Gasteiger partial charge in [-0.05, 0) is 191 Å². The maximum atomic E-state index is 12.1. The monoisotopic (exact) mass is 1600 g/mol. The van der Waals surface area contributed by atoms with Crippen LogP contribution < -0.4 is 0 Å². The minimum atomic E-state index is -0.752. The van der Waals surface area contributed by atoms with E-state index < -0.39 is 5.41 Å². The van der Waals surface area contributed by atoms with Gasteiger partial charge in [-0.15, -0.1) is 90.7 Å². The lowest BCUT2D eigenvalue weighted by atomic mass is 9.65. The Hall–Kier alpha value is -5.79. The minimum Gasteiger partial charge on any atom is -0.297 e. The average Bonchev–Trinajstić information content (AvgIpc) is 1.05. The lowest BCUT2D eigenvalue weighted by Gasteiger charge is -2.37. The molecular weight excluding hydrogens is 1510 g/mol. The molecule has 12 rings (SSSR count). The van der Waals surface area contributed by atoms with E-state index in [0.717, 1.165) is 88.6 Å². The standard InChI is InChI=1S/C91H96O4S11/c1-8-12-16-20-24-67-52-75(56-92)99-87(67)80-48-44-76(100-80)77-45-49-82(101-77)89-69(26-22-18-14-10-3)54-86(105-89)79-47-51-83(103-79)90-70(27-23-19-15-11-4)55-85(106-90)78-46-50-81(102-78)88-68(25-21-17-13-9-2)53-84(104-88)66-34-42-74(43-35-66)91(71-36-28-63(29-37-71)57-96-60(5)93,72-38-30-64(31-39-72)58-97-61(6)94)73-40-32-65(33-41-73)59-98-62(7)95/h28-56H,8-27,57-59H2,1-7H3. The van der Waals surface area contributed by atoms with Crippen molar-refractivity contribution in [3.63, 3.8) is 0 Å². The van der Waals surface area contributed by atoms with Gasteiger partial charge in [-0.1, -0.05) is 237 Å². The van der Waals surface area contributed by atoms with Gasteiger partial charge in [-0.2, -0.15) is 0 Å². The maximum Gasteiger partial charge on any atom is 0.186 e. The van der Waals surface area contributed by atoms with E-state index in [1.165, 1.54) is 226 Å². The van der Waals surface area contributed by atoms with Crippen LogP contribution in [0.4, 0.5) is 0 Å². The highest BCUT2D eigenvalue weighted by Crippen LogP contribution is 2.53. The Kier molecular flexibility index (Phi) is 29.5. The van der Waals surface area contributed by atoms with Crippen LogP contribution in [0.3, 0.4) is 0 Å². The molecule has 0 atom stereocenters. The molecule has 0 spiro atoms. The van der Waals surface area contributed by atoms with Gasteiger partial charge >= 0.3 is 0 Å². The molecule has 550 valence electrons. The van der Waals surface area contributed by atoms with Gasteiger partial charge in [-0.25, -0.2) is 0 Å². The molecule has 0 bridgehead atoms. The molecule has 0 radical (unpaired) electrons. The van der Waals surface area contributed by atoms with Crippen LogP contribution in [-0.4, -0.2) is 21.6 Å². The van der Waals surface area contributed by atoms with E-state index in [4.69, 9.17) is 0 Å². The Morgan fingerprint density at radius 3 is 0.887 bits per heavy atom. The van der Waals surface area contributed by atoms with E-state index in [1.54, 1.807) is 32.1 Å². The van der Waals surface area contributed by atoms with Gasteiger partial charge in [0.2, 0.25) is 0 Å². The predicted octanol–water partition coefficient (Wildman–Crippen LogP) is 30.5. The second-order valence-electron chi connectivity index (χ2n) is 27.7. The number of hydrogen-bond acceptors (Lipinski definition) is 15. The number of thioether (sulfide) groups is 3. The molecule has 0 N–H and O–H groups in total. The molecule has 0 aliphatic carbocycles. The van der Waals surface area contributed by atoms with Gasteiger partial charge in [0, 0.05) is 111 Å². The molecule has 106 heavy (non-hydrogen) atoms. The topological polar surface area (TPSA) is 68.3 Å². The molecule has 0 saturated heterocycles. The number of carbonyl (C=O) groups excluding carboxylic acids is 4. The van der Waals surface area contributed by atoms with Crippen molar-refractivity contribution in [3.05, 3.63) is 236 Å². The first-order chi connectivity index (χ1) is 51.7. The van der Waals surface area contributed by atoms with Crippen molar-refractivity contribution in [2.45, 2.75) is 200 Å². The zero-order chi connectivity index (χ0) is 73.9. The van der Waals surface area contributed by atoms with E-state index in [-0.39, 0.29) is 15.3 Å². The number of aldehydes is 1. The minimum absolute atomic E-state index is 0.0966. The molecule has 0 unspecified atom stereocenters. The first-order valence-electron chi connectivity index (χ1n) is 37.9. The highest BCUT2D eigenvalue weighted by molar-refractivity contribution is 8.13. The largest absolute Gasteiger partial charge is 0.297 e. The summed E-state index contributed by atoms with van der Waals surface area (Å²) in [5.41, 5.74) is 13.8. The lowest BCUT2D eigenvalue weighted by Crippen LogP contribution is -2.31. The van der Waals surface area contributed by atoms with Crippen molar-refractivity contribution >= 4 is 148 Å². The third kappa shape index (κ3) is 20.0. The number of benzene rings is 4. The summed E-state index contributed by atoms with van der Waals surface area (Å²) in [6.07, 6.45) is 24.7. The smallest absolute Gasteiger partial charge is 0.186 e. The van der Waals surface area contributed by atoms with Crippen LogP contribution in [0, 0.1) is 0 Å². The molecule has 0 fully saturated rings. The molecule has 0 amide bonds. The van der Waals surface area contributed by atoms with E-state index in [2.05, 4.69) is 198 Å². The number of unbranched alkanes of at least 4 members (excludes halogenated alkanes) is 12. The van der Waals surface area contributed by atoms with Gasteiger partial charge in [0.15, 0.2) is 21.6 Å². The summed E-state index contributed by atoms with van der Waals surface area (Å²) in [6.45, 7) is 14.0. The molecule has 8 heterocycles. The van der Waals surface area contributed by atoms with Crippen LogP contribution in [-0.2, 0) is 62.7 Å². The Morgan fingerprint density at radius 2 is 0.575 bits per heavy atom. The van der Waals surface area contributed by atoms with Crippen molar-refractivity contribution in [1.29, 1.82) is 0 Å². The summed E-state index contributed by atoms with van der Waals surface area (Å²) in [5, 5.41) is 0.290. The first-order valence-corrected chi connectivity index (χ1v) is 47.4. The molecule has 4 nitrogen and oxygen atoms in total. The molecular formula is C91H96O4S11. The Labute approximate surface area is 674 Å². The van der Waals surface area contributed by atoms with Gasteiger partial charge < -0.3 is 0 Å². The summed E-state index contributed by atoms with van der Waals surface area (Å²) in [5.74, 6) is 1.81. The molecule has 12 aromatic rings. The van der Waals surface area contributed by atoms with Crippen LogP contribution in [0.1, 0.15) is 222 Å². The van der Waals surface area contributed by atoms with Gasteiger partial charge in [0.05, 0.1) is 10.3 Å². The Balaban J connectivity index is 0.854. The molecule has 15 heteroatoms. The van der Waals surface area contributed by atoms with Gasteiger partial charge in [0.1, 0.15) is 0 Å². The van der Waals surface area contributed by atoms with Crippen LogP contribution >= 0.6 is 126 Å². The van der Waals surface area contributed by atoms with E-state index in [1.807, 2.05) is 79.4 Å². The van der Waals surface area contributed by atoms with Gasteiger partial charge in [0.25, 0.3) is 0 Å². The van der Waals surface area contributed by atoms with Crippen molar-refractivity contribution in [1.82, 2.24) is 0 Å². The average molecular weight is 1610 g/mol. The zero-order valence-electron chi connectivity index (χ0n) is 62.1. The maximum absolute atomic E-state index is 12.1. The number of thiophene rings is 8. The summed E-state index contributed by atoms with van der Waals surface area (Å²) in [7, 11) is 0. The normalized spacial score (nSPS) is 11.7. The van der Waals surface area contributed by atoms with Crippen LogP contribution in [0.15, 0.2) is 170 Å². The highest BCUT2D eigenvalue weighted by atomic mass is 32.2. The summed E-state index contributed by atoms with van der Waals surface area (Å²) >= 11 is 19.2. The van der Waals surface area contributed by atoms with Crippen molar-refractivity contribution in [3.8, 4) is 78.7 Å². The molecule has 0 aliphatic heterocycles. The zero-order valence-corrected chi connectivity index (χ0v) is 71.1. The van der Waals surface area contributed by atoms with E-state index in [0.29, 0.717) is 17.3 Å². The summed E-state index contributed by atoms with van der Waals surface area (Å²) < 4.78 is 0. The summed E-state index contributed by atoms with van der Waals surface area (Å²) in [6, 6.07) is 64.3. The van der Waals surface area contributed by atoms with Crippen LogP contribution in [0.5, 0.6) is 0 Å². The quantitative estimate of drug-likeness (QED) is 0.0216. The van der Waals surface area contributed by atoms with E-state index >= 15 is 0 Å². The third-order valence-corrected chi connectivity index (χ3v) is 32.7. The molecule has 4 aromatic carbocycles. The number of rotatable bonds is 39. The van der Waals surface area contributed by atoms with Crippen molar-refractivity contribution in [2.75, 3.05) is 0 Å². The second-order valence-corrected chi connectivity index (χ2v) is 39.7. The van der Waals surface area contributed by atoms with Gasteiger partial charge in [-0.3, -0.25) is 19.2 Å². The fourth-order valence-corrected chi connectivity index (χ4v) is 25.3. The van der Waals surface area contributed by atoms with Crippen molar-refractivity contribution < 1.29 is 19.2 Å². The third-order valence-electron chi connectivity index (χ3n) is 19.7. The molecule has 0 saturated carbocycles. The predicted molar refractivity (Wildman–Crippen MR) is 474 cm³/mol. The fourth-order valence-electron chi connectivity index (χ4n) is 14.1. The highest BCUT2D eigenvalue weighted by Gasteiger charge is 2.39. The SMILES string of the molecule is CCCCCCc1cc(C=O)sc1-c1ccc(-c2ccc(-c3sc(-c4ccc(-c5sc(-c6ccc(-c7sc(-c8ccc(C(c9ccc(CSC(C)=O)cc9)(c9ccc(CSC(C)=O)cc9)c9ccc(CSC(C)=O)cc9)cc8)cc7CCCCCC)s6)cc5CCCCCC)s4)cc3CCCCCC)s2)s1. The van der Waals surface area contributed by atoms with E-state index in [9.17, 15) is 19.2 Å². The Bertz CT molecular complexity index is 4690. The van der Waals surface area contributed by atoms with Crippen molar-refractivity contribution in [2.24, 2.45) is 0 Å². The number of hydrogen-bond donors (Lipinski definition) is 0. The number of aryl methyl sites for hydroxylation is 4. The Morgan fingerprint density at radius 1 is 0.302 bits per heavy atom. The fraction of sp³-hybridized carbons (Fsp3) is 0.341. The van der Waals surface area contributed by atoms with Crippen LogP contribution in [0.2, 0.25) is 0 Å². The lowest BCUT2D eigenvalue weighted by molar-refractivity contribution is -0.109. The summed E-state index contributed by atoms with van der Waals surface area (Å²) in [4.78, 5) is 69.3.